The van der Waals surface area contributed by atoms with Crippen LogP contribution in [0, 0.1) is 0 Å². The molecule has 0 amide bonds. The molecular weight excluding hydrogens is 316 g/mol. The molecule has 1 heterocycles. The Morgan fingerprint density at radius 1 is 1.16 bits per heavy atom. The van der Waals surface area contributed by atoms with Crippen LogP contribution in [0.1, 0.15) is 45.9 Å². The Morgan fingerprint density at radius 2 is 1.80 bits per heavy atom. The summed E-state index contributed by atoms with van der Waals surface area (Å²) in [5.41, 5.74) is 4.62. The van der Waals surface area contributed by atoms with Gasteiger partial charge in [-0.25, -0.2) is 5.43 Å². The van der Waals surface area contributed by atoms with E-state index in [1.54, 1.807) is 6.21 Å². The molecule has 1 aromatic carbocycles. The molecule has 0 bridgehead atoms. The molecule has 25 heavy (non-hydrogen) atoms. The highest BCUT2D eigenvalue weighted by atomic mass is 16.1. The summed E-state index contributed by atoms with van der Waals surface area (Å²) >= 11 is 0. The molecule has 7 nitrogen and oxygen atoms in total. The van der Waals surface area contributed by atoms with Crippen LogP contribution < -0.4 is 15.9 Å². The molecule has 0 unspecified atom stereocenters. The lowest BCUT2D eigenvalue weighted by Crippen LogP contribution is -2.28. The van der Waals surface area contributed by atoms with E-state index in [-0.39, 0.29) is 16.9 Å². The van der Waals surface area contributed by atoms with E-state index in [1.165, 1.54) is 5.69 Å². The summed E-state index contributed by atoms with van der Waals surface area (Å²) in [6.07, 6.45) is 1.67. The Kier molecular flexibility index (Phi) is 5.90. The van der Waals surface area contributed by atoms with Crippen LogP contribution in [0.3, 0.4) is 0 Å². The summed E-state index contributed by atoms with van der Waals surface area (Å²) in [5.74, 6) is 0.217. The Bertz CT molecular complexity index is 769. The zero-order chi connectivity index (χ0) is 18.4. The van der Waals surface area contributed by atoms with Crippen LogP contribution in [0.4, 0.5) is 11.6 Å². The third-order valence-electron chi connectivity index (χ3n) is 3.81. The lowest BCUT2D eigenvalue weighted by molar-refractivity contribution is 0.547. The molecule has 0 aliphatic rings. The fourth-order valence-electron chi connectivity index (χ4n) is 2.41. The fraction of sp³-hybridized carbons (Fsp3) is 0.444. The van der Waals surface area contributed by atoms with E-state index in [1.807, 2.05) is 32.9 Å². The van der Waals surface area contributed by atoms with Gasteiger partial charge in [0.25, 0.3) is 5.56 Å². The first-order valence-electron chi connectivity index (χ1n) is 8.46. The van der Waals surface area contributed by atoms with Crippen LogP contribution >= 0.6 is 0 Å². The summed E-state index contributed by atoms with van der Waals surface area (Å²) in [4.78, 5) is 16.9. The maximum absolute atomic E-state index is 12.0. The number of anilines is 2. The second-order valence-electron chi connectivity index (χ2n) is 6.74. The van der Waals surface area contributed by atoms with Crippen LogP contribution in [-0.4, -0.2) is 34.5 Å². The van der Waals surface area contributed by atoms with Gasteiger partial charge in [0.05, 0.1) is 6.21 Å². The maximum Gasteiger partial charge on any atom is 0.274 e. The molecule has 0 aliphatic carbocycles. The standard InChI is InChI=1S/C18H26N6O/c1-6-24(7-2)14-10-8-13(9-11-14)12-19-22-17-20-16(25)15(21-23-17)18(3,4)5/h8-12H,6-7H2,1-5H3,(H2,20,22,23,25)/b19-12+. The van der Waals surface area contributed by atoms with Crippen LogP contribution in [0.25, 0.3) is 0 Å². The van der Waals surface area contributed by atoms with Crippen molar-refractivity contribution in [2.75, 3.05) is 23.4 Å². The van der Waals surface area contributed by atoms with Crippen molar-refractivity contribution in [2.45, 2.75) is 40.0 Å². The van der Waals surface area contributed by atoms with Gasteiger partial charge in [0.15, 0.2) is 0 Å². The number of H-pyrrole nitrogens is 1. The van der Waals surface area contributed by atoms with Gasteiger partial charge in [-0.3, -0.25) is 9.78 Å². The molecule has 0 fully saturated rings. The highest BCUT2D eigenvalue weighted by Gasteiger charge is 2.20. The fourth-order valence-corrected chi connectivity index (χ4v) is 2.41. The molecule has 0 saturated carbocycles. The lowest BCUT2D eigenvalue weighted by Gasteiger charge is -2.20. The maximum atomic E-state index is 12.0. The van der Waals surface area contributed by atoms with Gasteiger partial charge in [0, 0.05) is 24.2 Å². The molecule has 134 valence electrons. The summed E-state index contributed by atoms with van der Waals surface area (Å²) in [6, 6.07) is 8.12. The van der Waals surface area contributed by atoms with Gasteiger partial charge in [-0.05, 0) is 31.5 Å². The topological polar surface area (TPSA) is 86.3 Å². The molecule has 1 aromatic heterocycles. The van der Waals surface area contributed by atoms with Crippen LogP contribution in [0.2, 0.25) is 0 Å². The molecular formula is C18H26N6O. The number of aromatic amines is 1. The quantitative estimate of drug-likeness (QED) is 0.623. The first-order chi connectivity index (χ1) is 11.8. The van der Waals surface area contributed by atoms with E-state index in [4.69, 9.17) is 0 Å². The monoisotopic (exact) mass is 342 g/mol. The number of hydrogen-bond acceptors (Lipinski definition) is 6. The number of benzene rings is 1. The number of hydrazone groups is 1. The van der Waals surface area contributed by atoms with Crippen molar-refractivity contribution < 1.29 is 0 Å². The van der Waals surface area contributed by atoms with Gasteiger partial charge in [0.1, 0.15) is 5.69 Å². The second-order valence-corrected chi connectivity index (χ2v) is 6.74. The molecule has 2 N–H and O–H groups in total. The van der Waals surface area contributed by atoms with E-state index >= 15 is 0 Å². The number of hydrogen-bond donors (Lipinski definition) is 2. The normalized spacial score (nSPS) is 11.7. The number of nitrogens with one attached hydrogen (secondary N) is 2. The van der Waals surface area contributed by atoms with E-state index in [0.717, 1.165) is 18.7 Å². The second kappa shape index (κ2) is 7.92. The van der Waals surface area contributed by atoms with Crippen molar-refractivity contribution in [3.8, 4) is 0 Å². The van der Waals surface area contributed by atoms with Crippen molar-refractivity contribution in [1.29, 1.82) is 0 Å². The van der Waals surface area contributed by atoms with Crippen molar-refractivity contribution in [3.05, 3.63) is 45.9 Å². The molecule has 0 aliphatic heterocycles. The van der Waals surface area contributed by atoms with E-state index in [9.17, 15) is 4.79 Å². The predicted octanol–water partition coefficient (Wildman–Crippen LogP) is 2.75. The predicted molar refractivity (Wildman–Crippen MR) is 103 cm³/mol. The Labute approximate surface area is 148 Å². The van der Waals surface area contributed by atoms with E-state index in [0.29, 0.717) is 5.69 Å². The Morgan fingerprint density at radius 3 is 2.32 bits per heavy atom. The SMILES string of the molecule is CCN(CC)c1ccc(/C=N/Nc2nnc(C(C)(C)C)c(=O)[nH]2)cc1. The number of aromatic nitrogens is 3. The smallest absolute Gasteiger partial charge is 0.274 e. The minimum absolute atomic E-state index is 0.217. The Balaban J connectivity index is 2.04. The molecule has 2 rings (SSSR count). The van der Waals surface area contributed by atoms with Crippen LogP contribution in [0.15, 0.2) is 34.2 Å². The zero-order valence-electron chi connectivity index (χ0n) is 15.5. The largest absolute Gasteiger partial charge is 0.372 e. The molecule has 7 heteroatoms. The zero-order valence-corrected chi connectivity index (χ0v) is 15.5. The third-order valence-corrected chi connectivity index (χ3v) is 3.81. The molecule has 0 atom stereocenters. The van der Waals surface area contributed by atoms with Gasteiger partial charge in [-0.2, -0.15) is 5.10 Å². The number of rotatable bonds is 6. The van der Waals surface area contributed by atoms with Gasteiger partial charge < -0.3 is 4.90 Å². The highest BCUT2D eigenvalue weighted by Crippen LogP contribution is 2.15. The molecule has 0 radical (unpaired) electrons. The van der Waals surface area contributed by atoms with E-state index < -0.39 is 0 Å². The highest BCUT2D eigenvalue weighted by molar-refractivity contribution is 5.80. The first kappa shape index (κ1) is 18.6. The lowest BCUT2D eigenvalue weighted by atomic mass is 9.93. The molecule has 0 spiro atoms. The van der Waals surface area contributed by atoms with Gasteiger partial charge in [-0.15, -0.1) is 10.2 Å². The number of nitrogens with zero attached hydrogens (tertiary/aromatic N) is 4. The van der Waals surface area contributed by atoms with Crippen molar-refractivity contribution in [2.24, 2.45) is 5.10 Å². The first-order valence-corrected chi connectivity index (χ1v) is 8.46. The average Bonchev–Trinajstić information content (AvgIpc) is 2.56. The minimum Gasteiger partial charge on any atom is -0.372 e. The van der Waals surface area contributed by atoms with Crippen molar-refractivity contribution in [3.63, 3.8) is 0 Å². The summed E-state index contributed by atoms with van der Waals surface area (Å²) in [7, 11) is 0. The summed E-state index contributed by atoms with van der Waals surface area (Å²) in [5, 5.41) is 12.0. The molecule has 0 saturated heterocycles. The third kappa shape index (κ3) is 4.89. The van der Waals surface area contributed by atoms with E-state index in [2.05, 4.69) is 56.6 Å². The van der Waals surface area contributed by atoms with Gasteiger partial charge >= 0.3 is 0 Å². The van der Waals surface area contributed by atoms with Gasteiger partial charge in [-0.1, -0.05) is 32.9 Å². The summed E-state index contributed by atoms with van der Waals surface area (Å²) < 4.78 is 0. The molecule has 2 aromatic rings. The average molecular weight is 342 g/mol. The Hall–Kier alpha value is -2.70. The summed E-state index contributed by atoms with van der Waals surface area (Å²) in [6.45, 7) is 12.0. The minimum atomic E-state index is -0.352. The van der Waals surface area contributed by atoms with Crippen molar-refractivity contribution in [1.82, 2.24) is 15.2 Å². The van der Waals surface area contributed by atoms with Crippen molar-refractivity contribution >= 4 is 17.9 Å². The van der Waals surface area contributed by atoms with Crippen LogP contribution in [0.5, 0.6) is 0 Å². The van der Waals surface area contributed by atoms with Gasteiger partial charge in [0.2, 0.25) is 5.95 Å². The van der Waals surface area contributed by atoms with Crippen LogP contribution in [-0.2, 0) is 5.41 Å².